The van der Waals surface area contributed by atoms with Crippen LogP contribution in [0, 0.1) is 5.82 Å². The second kappa shape index (κ2) is 11.0. The number of nitrogens with one attached hydrogen (secondary N) is 3. The van der Waals surface area contributed by atoms with Gasteiger partial charge in [0.05, 0.1) is 22.4 Å². The lowest BCUT2D eigenvalue weighted by Crippen LogP contribution is -2.22. The SMILES string of the molecule is CC(=O)Nc1cc(Oc2ccc(NC(=O)Nc3cn(C(C)(C)C)nc3-c3ccc4ncncc4c3)c(F)c2)ccn1. The van der Waals surface area contributed by atoms with Crippen molar-refractivity contribution in [2.24, 2.45) is 0 Å². The van der Waals surface area contributed by atoms with Gasteiger partial charge in [-0.15, -0.1) is 0 Å². The zero-order valence-corrected chi connectivity index (χ0v) is 22.8. The third kappa shape index (κ3) is 6.44. The maximum absolute atomic E-state index is 14.9. The highest BCUT2D eigenvalue weighted by Gasteiger charge is 2.21. The van der Waals surface area contributed by atoms with E-state index >= 15 is 0 Å². The van der Waals surface area contributed by atoms with Crippen molar-refractivity contribution >= 4 is 40.0 Å². The third-order valence-electron chi connectivity index (χ3n) is 5.89. The van der Waals surface area contributed by atoms with Gasteiger partial charge in [-0.2, -0.15) is 5.10 Å². The van der Waals surface area contributed by atoms with E-state index in [1.54, 1.807) is 23.1 Å². The number of rotatable bonds is 6. The molecule has 0 aliphatic rings. The minimum Gasteiger partial charge on any atom is -0.457 e. The van der Waals surface area contributed by atoms with Crippen LogP contribution in [0.2, 0.25) is 0 Å². The molecule has 3 amide bonds. The van der Waals surface area contributed by atoms with Crippen LogP contribution in [-0.2, 0) is 10.3 Å². The molecule has 2 aromatic carbocycles. The summed E-state index contributed by atoms with van der Waals surface area (Å²) >= 11 is 0. The average molecular weight is 555 g/mol. The number of carbonyl (C=O) groups is 2. The zero-order valence-electron chi connectivity index (χ0n) is 22.8. The Kier molecular flexibility index (Phi) is 7.30. The predicted molar refractivity (Wildman–Crippen MR) is 153 cm³/mol. The van der Waals surface area contributed by atoms with E-state index in [1.165, 1.54) is 37.6 Å². The van der Waals surface area contributed by atoms with Crippen molar-refractivity contribution in [2.75, 3.05) is 16.0 Å². The van der Waals surface area contributed by atoms with Crippen LogP contribution in [0.15, 0.2) is 73.4 Å². The summed E-state index contributed by atoms with van der Waals surface area (Å²) in [6, 6.07) is 12.1. The number of carbonyl (C=O) groups excluding carboxylic acids is 2. The van der Waals surface area contributed by atoms with E-state index in [2.05, 4.69) is 30.9 Å². The Morgan fingerprint density at radius 3 is 2.46 bits per heavy atom. The van der Waals surface area contributed by atoms with Crippen LogP contribution in [0.3, 0.4) is 0 Å². The topological polar surface area (TPSA) is 136 Å². The van der Waals surface area contributed by atoms with Crippen LogP contribution < -0.4 is 20.7 Å². The summed E-state index contributed by atoms with van der Waals surface area (Å²) in [6.45, 7) is 7.34. The highest BCUT2D eigenvalue weighted by atomic mass is 19.1. The van der Waals surface area contributed by atoms with Gasteiger partial charge in [0.1, 0.15) is 35.2 Å². The van der Waals surface area contributed by atoms with E-state index in [0.717, 1.165) is 22.5 Å². The first-order chi connectivity index (χ1) is 19.5. The van der Waals surface area contributed by atoms with Gasteiger partial charge in [0.25, 0.3) is 0 Å². The van der Waals surface area contributed by atoms with Crippen LogP contribution >= 0.6 is 0 Å². The van der Waals surface area contributed by atoms with Gasteiger partial charge in [-0.25, -0.2) is 24.1 Å². The van der Waals surface area contributed by atoms with Gasteiger partial charge in [0, 0.05) is 48.6 Å². The Balaban J connectivity index is 1.34. The summed E-state index contributed by atoms with van der Waals surface area (Å²) in [7, 11) is 0. The lowest BCUT2D eigenvalue weighted by molar-refractivity contribution is -0.114. The summed E-state index contributed by atoms with van der Waals surface area (Å²) in [4.78, 5) is 36.6. The highest BCUT2D eigenvalue weighted by molar-refractivity contribution is 6.02. The number of fused-ring (bicyclic) bond motifs is 1. The standard InChI is InChI=1S/C29H27FN8O3/c1-17(39)34-26-13-21(9-10-32-26)41-20-6-8-24(22(30)12-20)35-28(40)36-25-15-38(29(2,3)4)37-27(25)18-5-7-23-19(11-18)14-31-16-33-23/h5-16H,1-4H3,(H,32,34,39)(H2,35,36,40). The van der Waals surface area contributed by atoms with Crippen LogP contribution in [0.1, 0.15) is 27.7 Å². The molecule has 0 aliphatic heterocycles. The largest absolute Gasteiger partial charge is 0.457 e. The highest BCUT2D eigenvalue weighted by Crippen LogP contribution is 2.32. The summed E-state index contributed by atoms with van der Waals surface area (Å²) in [5.74, 6) is -0.127. The first-order valence-electron chi connectivity index (χ1n) is 12.6. The van der Waals surface area contributed by atoms with Crippen LogP contribution in [0.5, 0.6) is 11.5 Å². The number of ether oxygens (including phenoxy) is 1. The number of pyridine rings is 1. The van der Waals surface area contributed by atoms with Crippen molar-refractivity contribution in [3.05, 3.63) is 79.3 Å². The van der Waals surface area contributed by atoms with Gasteiger partial charge in [-0.05, 0) is 51.1 Å². The number of halogens is 1. The molecule has 0 saturated carbocycles. The molecule has 3 N–H and O–H groups in total. The lowest BCUT2D eigenvalue weighted by Gasteiger charge is -2.18. The van der Waals surface area contributed by atoms with Gasteiger partial charge in [0.15, 0.2) is 0 Å². The maximum Gasteiger partial charge on any atom is 0.323 e. The third-order valence-corrected chi connectivity index (χ3v) is 5.89. The van der Waals surface area contributed by atoms with E-state index in [4.69, 9.17) is 9.84 Å². The second-order valence-electron chi connectivity index (χ2n) is 10.2. The number of anilines is 3. The molecular weight excluding hydrogens is 527 g/mol. The van der Waals surface area contributed by atoms with E-state index in [9.17, 15) is 14.0 Å². The quantitative estimate of drug-likeness (QED) is 0.228. The smallest absolute Gasteiger partial charge is 0.323 e. The molecule has 12 heteroatoms. The molecular formula is C29H27FN8O3. The molecule has 5 aromatic rings. The van der Waals surface area contributed by atoms with Gasteiger partial charge >= 0.3 is 6.03 Å². The summed E-state index contributed by atoms with van der Waals surface area (Å²) in [5, 5.41) is 13.4. The molecule has 0 bridgehead atoms. The molecule has 11 nitrogen and oxygen atoms in total. The van der Waals surface area contributed by atoms with E-state index in [0.29, 0.717) is 22.9 Å². The Morgan fingerprint density at radius 1 is 0.927 bits per heavy atom. The normalized spacial score (nSPS) is 11.2. The predicted octanol–water partition coefficient (Wildman–Crippen LogP) is 6.18. The number of hydrogen-bond donors (Lipinski definition) is 3. The number of amides is 3. The van der Waals surface area contributed by atoms with Crippen molar-refractivity contribution in [1.82, 2.24) is 24.7 Å². The van der Waals surface area contributed by atoms with Gasteiger partial charge in [-0.3, -0.25) is 9.48 Å². The van der Waals surface area contributed by atoms with Crippen molar-refractivity contribution in [3.8, 4) is 22.8 Å². The summed E-state index contributed by atoms with van der Waals surface area (Å²) in [6.07, 6.45) is 6.38. The fourth-order valence-corrected chi connectivity index (χ4v) is 3.95. The molecule has 41 heavy (non-hydrogen) atoms. The first-order valence-corrected chi connectivity index (χ1v) is 12.6. The number of benzene rings is 2. The van der Waals surface area contributed by atoms with Crippen molar-refractivity contribution in [2.45, 2.75) is 33.2 Å². The number of aromatic nitrogens is 5. The van der Waals surface area contributed by atoms with Crippen LogP contribution in [0.25, 0.3) is 22.2 Å². The molecule has 0 unspecified atom stereocenters. The number of nitrogens with zero attached hydrogens (tertiary/aromatic N) is 5. The lowest BCUT2D eigenvalue weighted by atomic mass is 10.1. The molecule has 0 spiro atoms. The van der Waals surface area contributed by atoms with E-state index in [1.807, 2.05) is 39.0 Å². The molecule has 0 radical (unpaired) electrons. The second-order valence-corrected chi connectivity index (χ2v) is 10.2. The molecule has 3 aromatic heterocycles. The van der Waals surface area contributed by atoms with E-state index < -0.39 is 11.8 Å². The Bertz CT molecular complexity index is 1760. The maximum atomic E-state index is 14.9. The monoisotopic (exact) mass is 554 g/mol. The fourth-order valence-electron chi connectivity index (χ4n) is 3.95. The Labute approximate surface area is 234 Å². The molecule has 3 heterocycles. The molecule has 208 valence electrons. The Hall–Kier alpha value is -5.39. The van der Waals surface area contributed by atoms with Crippen molar-refractivity contribution in [1.29, 1.82) is 0 Å². The van der Waals surface area contributed by atoms with Crippen molar-refractivity contribution < 1.29 is 18.7 Å². The molecule has 0 atom stereocenters. The molecule has 0 aliphatic carbocycles. The molecule has 0 saturated heterocycles. The summed E-state index contributed by atoms with van der Waals surface area (Å²) in [5.41, 5.74) is 2.13. The fraction of sp³-hybridized carbons (Fsp3) is 0.172. The number of urea groups is 1. The average Bonchev–Trinajstić information content (AvgIpc) is 3.34. The Morgan fingerprint density at radius 2 is 1.71 bits per heavy atom. The first kappa shape index (κ1) is 27.2. The molecule has 5 rings (SSSR count). The van der Waals surface area contributed by atoms with Crippen LogP contribution in [0.4, 0.5) is 26.4 Å². The number of hydrogen-bond acceptors (Lipinski definition) is 7. The van der Waals surface area contributed by atoms with Gasteiger partial charge in [0.2, 0.25) is 5.91 Å². The van der Waals surface area contributed by atoms with E-state index in [-0.39, 0.29) is 22.9 Å². The van der Waals surface area contributed by atoms with Crippen LogP contribution in [-0.4, -0.2) is 36.7 Å². The minimum atomic E-state index is -0.700. The van der Waals surface area contributed by atoms with Gasteiger partial charge < -0.3 is 20.7 Å². The van der Waals surface area contributed by atoms with Gasteiger partial charge in [-0.1, -0.05) is 6.07 Å². The van der Waals surface area contributed by atoms with Crippen molar-refractivity contribution in [3.63, 3.8) is 0 Å². The zero-order chi connectivity index (χ0) is 29.1. The summed E-state index contributed by atoms with van der Waals surface area (Å²) < 4.78 is 22.4. The molecule has 0 fully saturated rings. The minimum absolute atomic E-state index is 0.0452.